The minimum Gasteiger partial charge on any atom is -0.205 e. The van der Waals surface area contributed by atoms with Crippen molar-refractivity contribution in [3.8, 4) is 12.5 Å². The molecule has 0 spiro atoms. The van der Waals surface area contributed by atoms with Gasteiger partial charge in [-0.25, -0.2) is 4.52 Å². The molecule has 0 bridgehead atoms. The summed E-state index contributed by atoms with van der Waals surface area (Å²) >= 11 is 0. The van der Waals surface area contributed by atoms with Crippen LogP contribution in [0.5, 0.6) is 0 Å². The maximum Gasteiger partial charge on any atom is 0.622 e. The highest BCUT2D eigenvalue weighted by molar-refractivity contribution is 7.53. The number of rotatable bonds is 1. The molecule has 0 fully saturated rings. The largest absolute Gasteiger partial charge is 0.622 e. The standard InChI is InChI=1S/C2H4O4P/c1-2-6-7(3,4)5/h1,3-5H/q+1. The van der Waals surface area contributed by atoms with Gasteiger partial charge in [0.05, 0.1) is 0 Å². The van der Waals surface area contributed by atoms with E-state index in [4.69, 9.17) is 14.7 Å². The fourth-order valence-electron chi connectivity index (χ4n) is 0.0707. The van der Waals surface area contributed by atoms with Crippen molar-refractivity contribution in [2.24, 2.45) is 0 Å². The van der Waals surface area contributed by atoms with Crippen molar-refractivity contribution in [2.45, 2.75) is 0 Å². The summed E-state index contributed by atoms with van der Waals surface area (Å²) < 4.78 is 3.53. The van der Waals surface area contributed by atoms with Gasteiger partial charge in [-0.3, -0.25) is 0 Å². The van der Waals surface area contributed by atoms with E-state index in [0.717, 1.165) is 0 Å². The molecular formula is C2H4O4P+. The average Bonchev–Trinajstić information content (AvgIpc) is 1.30. The number of hydrogen-bond acceptors (Lipinski definition) is 4. The Bertz CT molecular complexity index is 86.8. The van der Waals surface area contributed by atoms with Crippen molar-refractivity contribution in [3.05, 3.63) is 0 Å². The summed E-state index contributed by atoms with van der Waals surface area (Å²) in [7, 11) is -4.15. The fraction of sp³-hybridized carbons (Fsp3) is 0. The average molecular weight is 123 g/mol. The normalized spacial score (nSPS) is 10.0. The Balaban J connectivity index is 3.40. The third-order valence-corrected chi connectivity index (χ3v) is 0.526. The molecule has 0 radical (unpaired) electrons. The smallest absolute Gasteiger partial charge is 0.205 e. The van der Waals surface area contributed by atoms with Gasteiger partial charge in [-0.05, 0) is 0 Å². The summed E-state index contributed by atoms with van der Waals surface area (Å²) in [5.74, 6) is 0. The van der Waals surface area contributed by atoms with Crippen LogP contribution in [0.3, 0.4) is 0 Å². The topological polar surface area (TPSA) is 69.9 Å². The highest BCUT2D eigenvalue weighted by Crippen LogP contribution is 2.44. The summed E-state index contributed by atoms with van der Waals surface area (Å²) in [5.41, 5.74) is 0. The van der Waals surface area contributed by atoms with Crippen LogP contribution in [-0.4, -0.2) is 14.7 Å². The molecule has 3 N–H and O–H groups in total. The molecule has 0 unspecified atom stereocenters. The van der Waals surface area contributed by atoms with Crippen LogP contribution in [0.4, 0.5) is 0 Å². The predicted octanol–water partition coefficient (Wildman–Crippen LogP) is -0.752. The Kier molecular flexibility index (Phi) is 2.00. The monoisotopic (exact) mass is 123 g/mol. The molecule has 0 aromatic carbocycles. The SMILES string of the molecule is C#CO[P+](O)(O)O. The lowest BCUT2D eigenvalue weighted by molar-refractivity contribution is 0.224. The van der Waals surface area contributed by atoms with E-state index in [1.54, 1.807) is 0 Å². The molecule has 0 amide bonds. The van der Waals surface area contributed by atoms with Crippen molar-refractivity contribution < 1.29 is 19.2 Å². The summed E-state index contributed by atoms with van der Waals surface area (Å²) in [5, 5.41) is 0. The van der Waals surface area contributed by atoms with E-state index < -0.39 is 8.17 Å². The molecule has 0 atom stereocenters. The van der Waals surface area contributed by atoms with Gasteiger partial charge in [-0.1, -0.05) is 6.42 Å². The van der Waals surface area contributed by atoms with Crippen LogP contribution in [0, 0.1) is 12.5 Å². The molecule has 7 heavy (non-hydrogen) atoms. The van der Waals surface area contributed by atoms with Crippen molar-refractivity contribution in [1.29, 1.82) is 0 Å². The third kappa shape index (κ3) is 5.67. The Morgan fingerprint density at radius 2 is 1.86 bits per heavy atom. The first-order valence-corrected chi connectivity index (χ1v) is 2.84. The Labute approximate surface area is 41.0 Å². The van der Waals surface area contributed by atoms with Crippen molar-refractivity contribution in [2.75, 3.05) is 0 Å². The van der Waals surface area contributed by atoms with Crippen molar-refractivity contribution in [1.82, 2.24) is 0 Å². The zero-order valence-corrected chi connectivity index (χ0v) is 4.17. The molecule has 0 aliphatic carbocycles. The molecule has 0 heterocycles. The molecule has 0 saturated carbocycles. The van der Waals surface area contributed by atoms with E-state index >= 15 is 0 Å². The summed E-state index contributed by atoms with van der Waals surface area (Å²) in [4.78, 5) is 23.6. The molecule has 5 heteroatoms. The van der Waals surface area contributed by atoms with Crippen LogP contribution in [0.2, 0.25) is 0 Å². The minimum atomic E-state index is -4.15. The quantitative estimate of drug-likeness (QED) is 0.317. The molecule has 0 aliphatic rings. The zero-order chi connectivity index (χ0) is 5.91. The molecular weight excluding hydrogens is 119 g/mol. The van der Waals surface area contributed by atoms with Crippen molar-refractivity contribution in [3.63, 3.8) is 0 Å². The first-order chi connectivity index (χ1) is 3.06. The van der Waals surface area contributed by atoms with Crippen LogP contribution < -0.4 is 0 Å². The van der Waals surface area contributed by atoms with Crippen LogP contribution in [0.25, 0.3) is 0 Å². The predicted molar refractivity (Wildman–Crippen MR) is 23.5 cm³/mol. The first-order valence-electron chi connectivity index (χ1n) is 1.28. The Hall–Kier alpha value is -0.330. The van der Waals surface area contributed by atoms with Gasteiger partial charge in [0.15, 0.2) is 6.11 Å². The summed E-state index contributed by atoms with van der Waals surface area (Å²) in [6, 6.07) is 0. The van der Waals surface area contributed by atoms with Crippen molar-refractivity contribution >= 4 is 8.17 Å². The first kappa shape index (κ1) is 6.67. The highest BCUT2D eigenvalue weighted by atomic mass is 31.2. The summed E-state index contributed by atoms with van der Waals surface area (Å²) in [6.45, 7) is 0. The molecule has 0 aromatic rings. The van der Waals surface area contributed by atoms with E-state index in [0.29, 0.717) is 0 Å². The maximum absolute atomic E-state index is 7.88. The molecule has 0 aromatic heterocycles. The van der Waals surface area contributed by atoms with E-state index in [2.05, 4.69) is 10.9 Å². The lowest BCUT2D eigenvalue weighted by atomic mass is 11.3. The second-order valence-electron chi connectivity index (χ2n) is 0.722. The van der Waals surface area contributed by atoms with E-state index in [1.165, 1.54) is 6.11 Å². The third-order valence-electron chi connectivity index (χ3n) is 0.175. The number of hydrogen-bond donors (Lipinski definition) is 3. The van der Waals surface area contributed by atoms with Gasteiger partial charge in [0.2, 0.25) is 0 Å². The van der Waals surface area contributed by atoms with Gasteiger partial charge >= 0.3 is 8.17 Å². The Morgan fingerprint density at radius 1 is 1.43 bits per heavy atom. The molecule has 0 saturated heterocycles. The summed E-state index contributed by atoms with van der Waals surface area (Å²) in [6.07, 6.45) is 5.80. The molecule has 0 rings (SSSR count). The molecule has 4 nitrogen and oxygen atoms in total. The Morgan fingerprint density at radius 3 is 1.86 bits per heavy atom. The second kappa shape index (κ2) is 2.10. The minimum absolute atomic E-state index is 1.41. The highest BCUT2D eigenvalue weighted by Gasteiger charge is 2.32. The lowest BCUT2D eigenvalue weighted by Gasteiger charge is -1.92. The van der Waals surface area contributed by atoms with E-state index in [1.807, 2.05) is 0 Å². The van der Waals surface area contributed by atoms with Crippen LogP contribution in [-0.2, 0) is 4.52 Å². The second-order valence-corrected chi connectivity index (χ2v) is 1.93. The van der Waals surface area contributed by atoms with Gasteiger partial charge in [-0.15, -0.1) is 0 Å². The lowest BCUT2D eigenvalue weighted by Crippen LogP contribution is -1.87. The van der Waals surface area contributed by atoms with Gasteiger partial charge in [-0.2, -0.15) is 14.7 Å². The zero-order valence-electron chi connectivity index (χ0n) is 3.27. The van der Waals surface area contributed by atoms with Crippen LogP contribution >= 0.6 is 8.17 Å². The fourth-order valence-corrected chi connectivity index (χ4v) is 0.212. The maximum atomic E-state index is 7.88. The van der Waals surface area contributed by atoms with E-state index in [9.17, 15) is 0 Å². The van der Waals surface area contributed by atoms with Gasteiger partial charge in [0.25, 0.3) is 0 Å². The molecule has 40 valence electrons. The van der Waals surface area contributed by atoms with E-state index in [-0.39, 0.29) is 0 Å². The number of terminal acetylenes is 1. The van der Waals surface area contributed by atoms with Crippen LogP contribution in [0.15, 0.2) is 0 Å². The molecule has 0 aliphatic heterocycles. The van der Waals surface area contributed by atoms with Gasteiger partial charge in [0, 0.05) is 0 Å². The van der Waals surface area contributed by atoms with Gasteiger partial charge < -0.3 is 0 Å². The van der Waals surface area contributed by atoms with Crippen LogP contribution in [0.1, 0.15) is 0 Å². The van der Waals surface area contributed by atoms with Gasteiger partial charge in [0.1, 0.15) is 0 Å².